The van der Waals surface area contributed by atoms with Crippen LogP contribution in [0.4, 0.5) is 0 Å². The molecular formula is C23H25ClN4OS. The van der Waals surface area contributed by atoms with Crippen molar-refractivity contribution in [3.05, 3.63) is 59.5 Å². The minimum Gasteiger partial charge on any atom is -0.351 e. The van der Waals surface area contributed by atoms with Crippen LogP contribution in [-0.4, -0.2) is 26.0 Å². The molecule has 7 heteroatoms. The molecule has 3 aromatic rings. The number of halogens is 1. The minimum atomic E-state index is -0.194. The number of hydrogen-bond acceptors (Lipinski definition) is 4. The summed E-state index contributed by atoms with van der Waals surface area (Å²) in [4.78, 5) is 21.4. The second kappa shape index (κ2) is 8.08. The maximum absolute atomic E-state index is 12.4. The van der Waals surface area contributed by atoms with Gasteiger partial charge in [0.15, 0.2) is 0 Å². The Kier molecular flexibility index (Phi) is 5.64. The van der Waals surface area contributed by atoms with Crippen LogP contribution in [-0.2, 0) is 11.8 Å². The largest absolute Gasteiger partial charge is 0.351 e. The number of pyridine rings is 1. The van der Waals surface area contributed by atoms with Crippen LogP contribution >= 0.6 is 23.4 Å². The number of rotatable bonds is 5. The number of amides is 1. The number of aryl methyl sites for hydroxylation is 1. The molecule has 1 aromatic carbocycles. The van der Waals surface area contributed by atoms with Gasteiger partial charge in [0.2, 0.25) is 5.91 Å². The number of carbonyl (C=O) groups excluding carboxylic acids is 1. The van der Waals surface area contributed by atoms with Crippen LogP contribution in [0.5, 0.6) is 0 Å². The van der Waals surface area contributed by atoms with Crippen molar-refractivity contribution >= 4 is 29.3 Å². The number of imidazole rings is 1. The molecule has 156 valence electrons. The zero-order valence-electron chi connectivity index (χ0n) is 17.5. The highest BCUT2D eigenvalue weighted by atomic mass is 35.5. The number of benzene rings is 1. The van der Waals surface area contributed by atoms with Crippen LogP contribution in [0.3, 0.4) is 0 Å². The topological polar surface area (TPSA) is 59.8 Å². The Morgan fingerprint density at radius 2 is 1.90 bits per heavy atom. The quantitative estimate of drug-likeness (QED) is 0.584. The minimum absolute atomic E-state index is 0.0759. The van der Waals surface area contributed by atoms with E-state index in [1.165, 1.54) is 5.56 Å². The first-order valence-corrected chi connectivity index (χ1v) is 11.1. The van der Waals surface area contributed by atoms with E-state index >= 15 is 0 Å². The monoisotopic (exact) mass is 440 g/mol. The van der Waals surface area contributed by atoms with E-state index in [4.69, 9.17) is 11.6 Å². The maximum Gasteiger partial charge on any atom is 0.224 e. The van der Waals surface area contributed by atoms with Gasteiger partial charge in [-0.25, -0.2) is 9.97 Å². The number of aromatic nitrogens is 3. The molecule has 1 fully saturated rings. The summed E-state index contributed by atoms with van der Waals surface area (Å²) in [6.45, 7) is 6.04. The molecule has 1 aliphatic carbocycles. The van der Waals surface area contributed by atoms with Crippen LogP contribution in [0, 0.1) is 5.92 Å². The molecule has 1 saturated carbocycles. The molecular weight excluding hydrogens is 416 g/mol. The van der Waals surface area contributed by atoms with Crippen molar-refractivity contribution in [2.45, 2.75) is 48.7 Å². The Morgan fingerprint density at radius 3 is 2.53 bits per heavy atom. The second-order valence-electron chi connectivity index (χ2n) is 8.74. The van der Waals surface area contributed by atoms with E-state index in [0.29, 0.717) is 10.9 Å². The zero-order chi connectivity index (χ0) is 21.5. The van der Waals surface area contributed by atoms with Gasteiger partial charge < -0.3 is 9.88 Å². The van der Waals surface area contributed by atoms with Crippen LogP contribution in [0.1, 0.15) is 38.7 Å². The smallest absolute Gasteiger partial charge is 0.224 e. The molecule has 1 aliphatic rings. The molecule has 5 nitrogen and oxygen atoms in total. The summed E-state index contributed by atoms with van der Waals surface area (Å²) in [5.74, 6) is 0.528. The van der Waals surface area contributed by atoms with Crippen molar-refractivity contribution < 1.29 is 4.79 Å². The van der Waals surface area contributed by atoms with Crippen molar-refractivity contribution in [2.75, 3.05) is 0 Å². The fourth-order valence-electron chi connectivity index (χ4n) is 3.46. The molecule has 0 saturated heterocycles. The molecule has 0 bridgehead atoms. The summed E-state index contributed by atoms with van der Waals surface area (Å²) in [6.07, 6.45) is 4.38. The molecule has 0 aliphatic heterocycles. The highest BCUT2D eigenvalue weighted by molar-refractivity contribution is 7.99. The molecule has 2 aromatic heterocycles. The van der Waals surface area contributed by atoms with Crippen molar-refractivity contribution in [1.82, 2.24) is 19.9 Å². The van der Waals surface area contributed by atoms with Crippen molar-refractivity contribution in [3.8, 4) is 11.3 Å². The Hall–Kier alpha value is -2.31. The number of nitrogens with one attached hydrogen (secondary N) is 1. The van der Waals surface area contributed by atoms with Gasteiger partial charge in [-0.2, -0.15) is 0 Å². The summed E-state index contributed by atoms with van der Waals surface area (Å²) in [5.41, 5.74) is 2.98. The normalized spacial score (nSPS) is 18.3. The molecule has 0 radical (unpaired) electrons. The van der Waals surface area contributed by atoms with E-state index in [-0.39, 0.29) is 17.4 Å². The molecule has 30 heavy (non-hydrogen) atoms. The first-order chi connectivity index (χ1) is 14.2. The summed E-state index contributed by atoms with van der Waals surface area (Å²) in [7, 11) is 1.98. The molecule has 1 amide bonds. The summed E-state index contributed by atoms with van der Waals surface area (Å²) in [6, 6.07) is 12.2. The van der Waals surface area contributed by atoms with Gasteiger partial charge in [0.25, 0.3) is 0 Å². The molecule has 1 N–H and O–H groups in total. The van der Waals surface area contributed by atoms with E-state index < -0.39 is 0 Å². The zero-order valence-corrected chi connectivity index (χ0v) is 19.1. The van der Waals surface area contributed by atoms with Gasteiger partial charge in [-0.05, 0) is 62.6 Å². The van der Waals surface area contributed by atoms with Crippen molar-refractivity contribution in [2.24, 2.45) is 13.0 Å². The van der Waals surface area contributed by atoms with Gasteiger partial charge in [-0.3, -0.25) is 4.79 Å². The van der Waals surface area contributed by atoms with E-state index in [0.717, 1.165) is 27.7 Å². The van der Waals surface area contributed by atoms with Gasteiger partial charge in [-0.1, -0.05) is 35.9 Å². The standard InChI is InChI=1S/C23H25ClN4OS/c1-23(2,3)27-21(29)18-11-17(18)14-5-7-15(8-6-14)20-22(28(4)13-26-20)30-19-10-9-16(24)12-25-19/h5-10,12-13,17-18H,11H2,1-4H3,(H,27,29)/t17-,18?/m0/s1. The summed E-state index contributed by atoms with van der Waals surface area (Å²) >= 11 is 7.51. The molecule has 4 rings (SSSR count). The lowest BCUT2D eigenvalue weighted by Crippen LogP contribution is -2.41. The maximum atomic E-state index is 12.4. The average molecular weight is 441 g/mol. The Morgan fingerprint density at radius 1 is 1.17 bits per heavy atom. The SMILES string of the molecule is Cn1cnc(-c2ccc([C@@H]3CC3C(=O)NC(C)(C)C)cc2)c1Sc1ccc(Cl)cn1. The summed E-state index contributed by atoms with van der Waals surface area (Å²) < 4.78 is 2.00. The van der Waals surface area contributed by atoms with Crippen LogP contribution < -0.4 is 5.32 Å². The molecule has 0 spiro atoms. The third-order valence-corrected chi connectivity index (χ3v) is 6.37. The number of hydrogen-bond donors (Lipinski definition) is 1. The van der Waals surface area contributed by atoms with Gasteiger partial charge in [0, 0.05) is 30.3 Å². The Labute approximate surface area is 186 Å². The van der Waals surface area contributed by atoms with Crippen LogP contribution in [0.15, 0.2) is 59.0 Å². The average Bonchev–Trinajstić information content (AvgIpc) is 3.41. The lowest BCUT2D eigenvalue weighted by atomic mass is 10.0. The molecule has 2 atom stereocenters. The summed E-state index contributed by atoms with van der Waals surface area (Å²) in [5, 5.41) is 5.59. The molecule has 1 unspecified atom stereocenters. The third-order valence-electron chi connectivity index (χ3n) is 5.02. The van der Waals surface area contributed by atoms with Gasteiger partial charge in [0.1, 0.15) is 15.7 Å². The van der Waals surface area contributed by atoms with Gasteiger partial charge in [0.05, 0.1) is 11.3 Å². The van der Waals surface area contributed by atoms with Gasteiger partial charge in [-0.15, -0.1) is 0 Å². The predicted molar refractivity (Wildman–Crippen MR) is 121 cm³/mol. The number of nitrogens with zero attached hydrogens (tertiary/aromatic N) is 3. The fraction of sp³-hybridized carbons (Fsp3) is 0.348. The highest BCUT2D eigenvalue weighted by Gasteiger charge is 2.44. The van der Waals surface area contributed by atoms with Crippen molar-refractivity contribution in [1.29, 1.82) is 0 Å². The van der Waals surface area contributed by atoms with Crippen LogP contribution in [0.25, 0.3) is 11.3 Å². The molecule has 2 heterocycles. The first kappa shape index (κ1) is 20.9. The van der Waals surface area contributed by atoms with E-state index in [1.807, 2.05) is 50.8 Å². The Balaban J connectivity index is 1.49. The number of carbonyl (C=O) groups is 1. The van der Waals surface area contributed by atoms with Crippen molar-refractivity contribution in [3.63, 3.8) is 0 Å². The van der Waals surface area contributed by atoms with E-state index in [1.54, 1.807) is 18.0 Å². The van der Waals surface area contributed by atoms with Gasteiger partial charge >= 0.3 is 0 Å². The first-order valence-electron chi connectivity index (χ1n) is 9.94. The van der Waals surface area contributed by atoms with Crippen LogP contribution in [0.2, 0.25) is 5.02 Å². The fourth-order valence-corrected chi connectivity index (χ4v) is 4.47. The predicted octanol–water partition coefficient (Wildman–Crippen LogP) is 5.30. The lowest BCUT2D eigenvalue weighted by Gasteiger charge is -2.20. The Bertz CT molecular complexity index is 1050. The highest BCUT2D eigenvalue weighted by Crippen LogP contribution is 2.48. The lowest BCUT2D eigenvalue weighted by molar-refractivity contribution is -0.123. The van der Waals surface area contributed by atoms with E-state index in [9.17, 15) is 4.79 Å². The third kappa shape index (κ3) is 4.71. The van der Waals surface area contributed by atoms with E-state index in [2.05, 4.69) is 39.6 Å². The second-order valence-corrected chi connectivity index (χ2v) is 10.2.